The molecule has 71 heavy (non-hydrogen) atoms. The molecule has 404 valence electrons. The molecule has 1 fully saturated rings. The van der Waals surface area contributed by atoms with E-state index in [-0.39, 0.29) is 25.9 Å². The Morgan fingerprint density at radius 2 is 0.958 bits per heavy atom. The van der Waals surface area contributed by atoms with Crippen LogP contribution in [0.25, 0.3) is 0 Å². The molecule has 1 rings (SSSR count). The molecule has 0 saturated carbocycles. The SMILES string of the molecule is CC/C=C\C/C=C\C/C=C\C/C=C\C/C=C\CC(=O)OCC(COC1OC(C(=O)O)C(O)C(O)C1OC(=O)CCCCCCC/C=C\C/C=C\CCC)OC(=O)CCCCCCCCCCCCCCC. The lowest BCUT2D eigenvalue weighted by Crippen LogP contribution is -2.61. The highest BCUT2D eigenvalue weighted by molar-refractivity contribution is 5.74. The number of esters is 3. The van der Waals surface area contributed by atoms with Crippen LogP contribution in [0, 0.1) is 0 Å². The van der Waals surface area contributed by atoms with Crippen molar-refractivity contribution in [2.75, 3.05) is 13.2 Å². The van der Waals surface area contributed by atoms with E-state index in [1.807, 2.05) is 12.2 Å². The van der Waals surface area contributed by atoms with Gasteiger partial charge in [-0.15, -0.1) is 0 Å². The molecule has 6 atom stereocenters. The van der Waals surface area contributed by atoms with Crippen molar-refractivity contribution in [1.29, 1.82) is 0 Å². The summed E-state index contributed by atoms with van der Waals surface area (Å²) in [6, 6.07) is 0. The van der Waals surface area contributed by atoms with Gasteiger partial charge in [0.05, 0.1) is 13.0 Å². The highest BCUT2D eigenvalue weighted by Gasteiger charge is 2.50. The first-order valence-electron chi connectivity index (χ1n) is 27.6. The summed E-state index contributed by atoms with van der Waals surface area (Å²) in [6.45, 7) is 5.70. The van der Waals surface area contributed by atoms with Crippen LogP contribution in [0.5, 0.6) is 0 Å². The summed E-state index contributed by atoms with van der Waals surface area (Å²) in [4.78, 5) is 50.9. The monoisotopic (exact) mass is 997 g/mol. The van der Waals surface area contributed by atoms with Crippen LogP contribution in [0.1, 0.15) is 213 Å². The van der Waals surface area contributed by atoms with Crippen molar-refractivity contribution < 1.29 is 58.2 Å². The van der Waals surface area contributed by atoms with Crippen molar-refractivity contribution in [2.45, 2.75) is 250 Å². The smallest absolute Gasteiger partial charge is 0.335 e. The molecule has 0 aromatic rings. The quantitative estimate of drug-likeness (QED) is 0.0228. The second kappa shape index (κ2) is 46.9. The molecular weight excluding hydrogens is 901 g/mol. The number of carboxylic acids is 1. The Labute approximate surface area is 429 Å². The van der Waals surface area contributed by atoms with E-state index >= 15 is 0 Å². The minimum absolute atomic E-state index is 0.0171. The Bertz CT molecular complexity index is 1560. The van der Waals surface area contributed by atoms with Crippen LogP contribution in [0.2, 0.25) is 0 Å². The van der Waals surface area contributed by atoms with Gasteiger partial charge in [0.2, 0.25) is 0 Å². The van der Waals surface area contributed by atoms with Crippen molar-refractivity contribution in [3.8, 4) is 0 Å². The standard InChI is InChI=1S/C59H96O12/c1-4-7-10-13-16-19-22-25-26-29-30-33-36-39-42-45-51(60)67-48-50(69-52(61)46-43-40-37-34-31-27-23-20-17-14-11-8-5-2)49-68-59-57(55(64)54(63)56(71-59)58(65)66)70-53(62)47-44-41-38-35-32-28-24-21-18-15-12-9-6-3/h7,10,12,15-16,19,21,24-26,30,33,39,42,50,54-57,59,63-64H,4-6,8-9,11,13-14,17-18,20,22-23,27-29,31-32,34-38,40-41,43-49H2,1-3H3,(H,65,66)/b10-7-,15-12-,19-16-,24-21-,26-25-,33-30-,42-39-. The number of hydrogen-bond donors (Lipinski definition) is 3. The average Bonchev–Trinajstić information content (AvgIpc) is 3.35. The van der Waals surface area contributed by atoms with Crippen molar-refractivity contribution in [1.82, 2.24) is 0 Å². The van der Waals surface area contributed by atoms with E-state index < -0.39 is 67.3 Å². The maximum atomic E-state index is 13.1. The molecule has 12 heteroatoms. The Morgan fingerprint density at radius 3 is 1.48 bits per heavy atom. The molecule has 0 aromatic heterocycles. The average molecular weight is 997 g/mol. The number of carboxylic acid groups (broad SMARTS) is 1. The fraction of sp³-hybridized carbons (Fsp3) is 0.695. The van der Waals surface area contributed by atoms with Crippen LogP contribution in [0.3, 0.4) is 0 Å². The van der Waals surface area contributed by atoms with Crippen LogP contribution in [0.15, 0.2) is 85.1 Å². The Kier molecular flexibility index (Phi) is 42.9. The second-order valence-electron chi connectivity index (χ2n) is 18.5. The summed E-state index contributed by atoms with van der Waals surface area (Å²) in [7, 11) is 0. The molecule has 0 aliphatic carbocycles. The van der Waals surface area contributed by atoms with E-state index in [0.717, 1.165) is 96.3 Å². The van der Waals surface area contributed by atoms with E-state index in [1.54, 1.807) is 6.08 Å². The number of hydrogen-bond acceptors (Lipinski definition) is 11. The molecule has 1 saturated heterocycles. The predicted octanol–water partition coefficient (Wildman–Crippen LogP) is 13.6. The van der Waals surface area contributed by atoms with Gasteiger partial charge < -0.3 is 39.0 Å². The summed E-state index contributed by atoms with van der Waals surface area (Å²) >= 11 is 0. The first-order chi connectivity index (χ1) is 34.6. The van der Waals surface area contributed by atoms with E-state index in [4.69, 9.17) is 23.7 Å². The summed E-state index contributed by atoms with van der Waals surface area (Å²) < 4.78 is 28.2. The van der Waals surface area contributed by atoms with Gasteiger partial charge >= 0.3 is 23.9 Å². The van der Waals surface area contributed by atoms with Crippen LogP contribution in [0.4, 0.5) is 0 Å². The molecule has 0 aromatic carbocycles. The van der Waals surface area contributed by atoms with Gasteiger partial charge in [-0.3, -0.25) is 14.4 Å². The number of aliphatic hydroxyl groups excluding tert-OH is 2. The van der Waals surface area contributed by atoms with Crippen molar-refractivity contribution in [3.63, 3.8) is 0 Å². The van der Waals surface area contributed by atoms with E-state index in [0.29, 0.717) is 19.3 Å². The lowest BCUT2D eigenvalue weighted by molar-refractivity contribution is -0.301. The number of unbranched alkanes of at least 4 members (excludes halogenated alkanes) is 18. The lowest BCUT2D eigenvalue weighted by atomic mass is 9.98. The number of aliphatic hydroxyl groups is 2. The third-order valence-electron chi connectivity index (χ3n) is 12.0. The Hall–Kier alpha value is -4.10. The molecule has 1 aliphatic rings. The van der Waals surface area contributed by atoms with Gasteiger partial charge in [-0.2, -0.15) is 0 Å². The topological polar surface area (TPSA) is 175 Å². The van der Waals surface area contributed by atoms with Gasteiger partial charge in [-0.25, -0.2) is 4.79 Å². The molecule has 0 bridgehead atoms. The zero-order valence-corrected chi connectivity index (χ0v) is 44.2. The molecule has 3 N–H and O–H groups in total. The first kappa shape index (κ1) is 64.9. The predicted molar refractivity (Wildman–Crippen MR) is 284 cm³/mol. The molecule has 0 radical (unpaired) electrons. The maximum Gasteiger partial charge on any atom is 0.335 e. The van der Waals surface area contributed by atoms with Crippen molar-refractivity contribution in [2.24, 2.45) is 0 Å². The number of carbonyl (C=O) groups is 4. The number of rotatable bonds is 45. The lowest BCUT2D eigenvalue weighted by Gasteiger charge is -2.40. The highest BCUT2D eigenvalue weighted by Crippen LogP contribution is 2.26. The summed E-state index contributed by atoms with van der Waals surface area (Å²) in [6.07, 6.45) is 47.3. The van der Waals surface area contributed by atoms with Crippen molar-refractivity contribution >= 4 is 23.9 Å². The van der Waals surface area contributed by atoms with Crippen molar-refractivity contribution in [3.05, 3.63) is 85.1 Å². The summed E-state index contributed by atoms with van der Waals surface area (Å²) in [5, 5.41) is 31.4. The molecule has 0 spiro atoms. The summed E-state index contributed by atoms with van der Waals surface area (Å²) in [5.41, 5.74) is 0. The zero-order valence-electron chi connectivity index (χ0n) is 44.2. The van der Waals surface area contributed by atoms with E-state index in [2.05, 4.69) is 87.6 Å². The van der Waals surface area contributed by atoms with Gasteiger partial charge in [0.15, 0.2) is 24.6 Å². The third-order valence-corrected chi connectivity index (χ3v) is 12.0. The molecular formula is C59H96O12. The van der Waals surface area contributed by atoms with Crippen LogP contribution < -0.4 is 0 Å². The van der Waals surface area contributed by atoms with E-state index in [1.165, 1.54) is 57.8 Å². The third kappa shape index (κ3) is 37.3. The largest absolute Gasteiger partial charge is 0.479 e. The summed E-state index contributed by atoms with van der Waals surface area (Å²) in [5.74, 6) is -3.31. The highest BCUT2D eigenvalue weighted by atomic mass is 16.7. The normalized spacial score (nSPS) is 19.1. The van der Waals surface area contributed by atoms with E-state index in [9.17, 15) is 34.5 Å². The fourth-order valence-corrected chi connectivity index (χ4v) is 7.77. The second-order valence-corrected chi connectivity index (χ2v) is 18.5. The zero-order chi connectivity index (χ0) is 51.8. The minimum Gasteiger partial charge on any atom is -0.479 e. The van der Waals surface area contributed by atoms with Crippen LogP contribution >= 0.6 is 0 Å². The molecule has 0 amide bonds. The van der Waals surface area contributed by atoms with Gasteiger partial charge in [0.1, 0.15) is 18.8 Å². The number of allylic oxidation sites excluding steroid dienone is 13. The van der Waals surface area contributed by atoms with Crippen LogP contribution in [-0.4, -0.2) is 89.2 Å². The number of carbonyl (C=O) groups excluding carboxylic acids is 3. The van der Waals surface area contributed by atoms with Gasteiger partial charge in [-0.1, -0.05) is 209 Å². The molecule has 6 unspecified atom stereocenters. The Balaban J connectivity index is 2.78. The van der Waals surface area contributed by atoms with Crippen LogP contribution in [-0.2, 0) is 42.9 Å². The maximum absolute atomic E-state index is 13.1. The minimum atomic E-state index is -1.92. The molecule has 1 aliphatic heterocycles. The van der Waals surface area contributed by atoms with Gasteiger partial charge in [-0.05, 0) is 70.6 Å². The Morgan fingerprint density at radius 1 is 0.493 bits per heavy atom. The number of ether oxygens (including phenoxy) is 5. The molecule has 12 nitrogen and oxygen atoms in total. The van der Waals surface area contributed by atoms with Gasteiger partial charge in [0.25, 0.3) is 0 Å². The first-order valence-corrected chi connectivity index (χ1v) is 27.6. The molecule has 1 heterocycles. The van der Waals surface area contributed by atoms with Gasteiger partial charge in [0, 0.05) is 12.8 Å². The fourth-order valence-electron chi connectivity index (χ4n) is 7.77. The number of aliphatic carboxylic acids is 1.